The van der Waals surface area contributed by atoms with Gasteiger partial charge in [-0.25, -0.2) is 0 Å². The van der Waals surface area contributed by atoms with Crippen LogP contribution in [0.25, 0.3) is 0 Å². The highest BCUT2D eigenvalue weighted by atomic mass is 32.2. The van der Waals surface area contributed by atoms with Gasteiger partial charge in [0.2, 0.25) is 0 Å². The van der Waals surface area contributed by atoms with Crippen LogP contribution in [0.2, 0.25) is 0 Å². The van der Waals surface area contributed by atoms with Gasteiger partial charge in [0, 0.05) is 11.3 Å². The van der Waals surface area contributed by atoms with E-state index in [9.17, 15) is 0 Å². The van der Waals surface area contributed by atoms with Crippen molar-refractivity contribution in [3.05, 3.63) is 29.8 Å². The van der Waals surface area contributed by atoms with Crippen LogP contribution in [0.15, 0.2) is 24.3 Å². The molecular formula is C12H18OS. The SMILES string of the molecule is CSCc1ccccc1OC(C)(C)C. The van der Waals surface area contributed by atoms with Crippen molar-refractivity contribution < 1.29 is 4.74 Å². The standard InChI is InChI=1S/C12H18OS/c1-12(2,3)13-11-8-6-5-7-10(11)9-14-4/h5-8H,9H2,1-4H3. The number of benzene rings is 1. The summed E-state index contributed by atoms with van der Waals surface area (Å²) in [7, 11) is 0. The Bertz CT molecular complexity index is 289. The lowest BCUT2D eigenvalue weighted by molar-refractivity contribution is 0.130. The number of para-hydroxylation sites is 1. The van der Waals surface area contributed by atoms with Gasteiger partial charge in [0.15, 0.2) is 0 Å². The molecule has 0 aliphatic carbocycles. The van der Waals surface area contributed by atoms with Crippen molar-refractivity contribution in [1.82, 2.24) is 0 Å². The van der Waals surface area contributed by atoms with E-state index in [2.05, 4.69) is 39.2 Å². The van der Waals surface area contributed by atoms with Crippen LogP contribution < -0.4 is 4.74 Å². The van der Waals surface area contributed by atoms with Crippen LogP contribution >= 0.6 is 11.8 Å². The van der Waals surface area contributed by atoms with Crippen LogP contribution in [0.3, 0.4) is 0 Å². The van der Waals surface area contributed by atoms with Gasteiger partial charge in [0.1, 0.15) is 11.4 Å². The molecule has 0 unspecified atom stereocenters. The average Bonchev–Trinajstić information content (AvgIpc) is 2.06. The molecule has 0 radical (unpaired) electrons. The van der Waals surface area contributed by atoms with Gasteiger partial charge in [0.05, 0.1) is 0 Å². The quantitative estimate of drug-likeness (QED) is 0.752. The maximum Gasteiger partial charge on any atom is 0.124 e. The van der Waals surface area contributed by atoms with Crippen LogP contribution in [0.1, 0.15) is 26.3 Å². The molecule has 0 spiro atoms. The molecule has 1 aromatic carbocycles. The van der Waals surface area contributed by atoms with Crippen LogP contribution in [0.5, 0.6) is 5.75 Å². The largest absolute Gasteiger partial charge is 0.488 e. The first-order valence-corrected chi connectivity index (χ1v) is 6.18. The second-order valence-corrected chi connectivity index (χ2v) is 5.12. The monoisotopic (exact) mass is 210 g/mol. The fraction of sp³-hybridized carbons (Fsp3) is 0.500. The Morgan fingerprint density at radius 2 is 1.86 bits per heavy atom. The highest BCUT2D eigenvalue weighted by Crippen LogP contribution is 2.25. The normalized spacial score (nSPS) is 11.4. The Morgan fingerprint density at radius 3 is 2.43 bits per heavy atom. The zero-order chi connectivity index (χ0) is 10.6. The van der Waals surface area contributed by atoms with Crippen LogP contribution in [0, 0.1) is 0 Å². The summed E-state index contributed by atoms with van der Waals surface area (Å²) in [4.78, 5) is 0. The van der Waals surface area contributed by atoms with Crippen LogP contribution in [-0.2, 0) is 5.75 Å². The van der Waals surface area contributed by atoms with Crippen molar-refractivity contribution in [3.8, 4) is 5.75 Å². The first-order valence-electron chi connectivity index (χ1n) is 4.79. The third kappa shape index (κ3) is 3.62. The van der Waals surface area contributed by atoms with Gasteiger partial charge in [-0.1, -0.05) is 18.2 Å². The van der Waals surface area contributed by atoms with Gasteiger partial charge >= 0.3 is 0 Å². The Hall–Kier alpha value is -0.630. The van der Waals surface area contributed by atoms with Gasteiger partial charge in [-0.05, 0) is 33.1 Å². The minimum Gasteiger partial charge on any atom is -0.488 e. The van der Waals surface area contributed by atoms with Gasteiger partial charge in [0.25, 0.3) is 0 Å². The molecule has 0 aromatic heterocycles. The van der Waals surface area contributed by atoms with E-state index in [1.54, 1.807) is 0 Å². The molecule has 0 bridgehead atoms. The number of thioether (sulfide) groups is 1. The van der Waals surface area contributed by atoms with E-state index in [0.29, 0.717) is 0 Å². The first kappa shape index (κ1) is 11.4. The lowest BCUT2D eigenvalue weighted by atomic mass is 10.1. The number of hydrogen-bond acceptors (Lipinski definition) is 2. The highest BCUT2D eigenvalue weighted by molar-refractivity contribution is 7.97. The summed E-state index contributed by atoms with van der Waals surface area (Å²) in [5.41, 5.74) is 1.16. The summed E-state index contributed by atoms with van der Waals surface area (Å²) >= 11 is 1.81. The van der Waals surface area contributed by atoms with Crippen molar-refractivity contribution in [1.29, 1.82) is 0 Å². The third-order valence-electron chi connectivity index (χ3n) is 1.69. The second kappa shape index (κ2) is 4.74. The number of hydrogen-bond donors (Lipinski definition) is 0. The predicted molar refractivity (Wildman–Crippen MR) is 64.0 cm³/mol. The molecule has 2 heteroatoms. The third-order valence-corrected chi connectivity index (χ3v) is 2.29. The lowest BCUT2D eigenvalue weighted by Crippen LogP contribution is -2.23. The van der Waals surface area contributed by atoms with E-state index in [4.69, 9.17) is 4.74 Å². The molecule has 0 fully saturated rings. The zero-order valence-corrected chi connectivity index (χ0v) is 10.1. The maximum absolute atomic E-state index is 5.87. The second-order valence-electron chi connectivity index (χ2n) is 4.26. The molecule has 0 saturated heterocycles. The van der Waals surface area contributed by atoms with E-state index in [1.807, 2.05) is 23.9 Å². The topological polar surface area (TPSA) is 9.23 Å². The summed E-state index contributed by atoms with van der Waals surface area (Å²) < 4.78 is 5.87. The minimum atomic E-state index is -0.117. The summed E-state index contributed by atoms with van der Waals surface area (Å²) in [6.45, 7) is 6.22. The minimum absolute atomic E-state index is 0.117. The molecule has 0 amide bonds. The molecule has 0 atom stereocenters. The molecular weight excluding hydrogens is 192 g/mol. The van der Waals surface area contributed by atoms with E-state index < -0.39 is 0 Å². The van der Waals surface area contributed by atoms with Gasteiger partial charge in [-0.2, -0.15) is 11.8 Å². The van der Waals surface area contributed by atoms with Gasteiger partial charge in [-0.3, -0.25) is 0 Å². The highest BCUT2D eigenvalue weighted by Gasteiger charge is 2.13. The molecule has 1 aromatic rings. The van der Waals surface area contributed by atoms with Crippen LogP contribution in [0.4, 0.5) is 0 Å². The fourth-order valence-electron chi connectivity index (χ4n) is 1.21. The molecule has 0 N–H and O–H groups in total. The fourth-order valence-corrected chi connectivity index (χ4v) is 1.76. The number of ether oxygens (including phenoxy) is 1. The Balaban J connectivity index is 2.84. The lowest BCUT2D eigenvalue weighted by Gasteiger charge is -2.23. The van der Waals surface area contributed by atoms with Crippen molar-refractivity contribution in [2.24, 2.45) is 0 Å². The van der Waals surface area contributed by atoms with E-state index in [-0.39, 0.29) is 5.60 Å². The molecule has 0 aliphatic rings. The Kier molecular flexibility index (Phi) is 3.87. The van der Waals surface area contributed by atoms with E-state index >= 15 is 0 Å². The molecule has 0 aliphatic heterocycles. The van der Waals surface area contributed by atoms with Gasteiger partial charge in [-0.15, -0.1) is 0 Å². The van der Waals surface area contributed by atoms with Crippen molar-refractivity contribution >= 4 is 11.8 Å². The molecule has 0 saturated carbocycles. The summed E-state index contributed by atoms with van der Waals surface area (Å²) in [6, 6.07) is 8.24. The number of rotatable bonds is 3. The van der Waals surface area contributed by atoms with Gasteiger partial charge < -0.3 is 4.74 Å². The van der Waals surface area contributed by atoms with Crippen LogP contribution in [-0.4, -0.2) is 11.9 Å². The molecule has 14 heavy (non-hydrogen) atoms. The first-order chi connectivity index (χ1) is 6.53. The van der Waals surface area contributed by atoms with Crippen molar-refractivity contribution in [2.75, 3.05) is 6.26 Å². The predicted octanol–water partition coefficient (Wildman–Crippen LogP) is 3.73. The maximum atomic E-state index is 5.87. The molecule has 1 rings (SSSR count). The zero-order valence-electron chi connectivity index (χ0n) is 9.33. The summed E-state index contributed by atoms with van der Waals surface area (Å²) in [5, 5.41) is 0. The van der Waals surface area contributed by atoms with Crippen molar-refractivity contribution in [2.45, 2.75) is 32.1 Å². The molecule has 1 nitrogen and oxygen atoms in total. The molecule has 78 valence electrons. The van der Waals surface area contributed by atoms with Crippen molar-refractivity contribution in [3.63, 3.8) is 0 Å². The summed E-state index contributed by atoms with van der Waals surface area (Å²) in [5.74, 6) is 2.01. The summed E-state index contributed by atoms with van der Waals surface area (Å²) in [6.07, 6.45) is 2.11. The Labute approximate surface area is 90.9 Å². The molecule has 0 heterocycles. The Morgan fingerprint density at radius 1 is 1.21 bits per heavy atom. The smallest absolute Gasteiger partial charge is 0.124 e. The van der Waals surface area contributed by atoms with E-state index in [1.165, 1.54) is 5.56 Å². The van der Waals surface area contributed by atoms with E-state index in [0.717, 1.165) is 11.5 Å². The average molecular weight is 210 g/mol.